The fourth-order valence-electron chi connectivity index (χ4n) is 2.75. The molecule has 0 saturated carbocycles. The summed E-state index contributed by atoms with van der Waals surface area (Å²) in [6.07, 6.45) is 0. The van der Waals surface area contributed by atoms with Crippen LogP contribution in [0.3, 0.4) is 0 Å². The van der Waals surface area contributed by atoms with E-state index in [1.165, 1.54) is 29.5 Å². The highest BCUT2D eigenvalue weighted by Gasteiger charge is 2.19. The van der Waals surface area contributed by atoms with Crippen LogP contribution in [0.25, 0.3) is 10.2 Å². The van der Waals surface area contributed by atoms with Crippen LogP contribution in [-0.4, -0.2) is 35.7 Å². The summed E-state index contributed by atoms with van der Waals surface area (Å²) in [5.41, 5.74) is 0.581. The Morgan fingerprint density at radius 1 is 1.29 bits per heavy atom. The van der Waals surface area contributed by atoms with Gasteiger partial charge in [0.05, 0.1) is 28.4 Å². The van der Waals surface area contributed by atoms with E-state index >= 15 is 0 Å². The lowest BCUT2D eigenvalue weighted by molar-refractivity contribution is -0.385. The van der Waals surface area contributed by atoms with Crippen LogP contribution in [0.4, 0.5) is 5.69 Å². The highest BCUT2D eigenvalue weighted by molar-refractivity contribution is 7.16. The molecule has 2 aromatic carbocycles. The number of rotatable bonds is 7. The number of hydrogen-bond donors (Lipinski definition) is 0. The highest BCUT2D eigenvalue weighted by Crippen LogP contribution is 2.24. The van der Waals surface area contributed by atoms with Crippen molar-refractivity contribution in [3.05, 3.63) is 62.9 Å². The van der Waals surface area contributed by atoms with Crippen molar-refractivity contribution in [3.8, 4) is 5.75 Å². The number of amides is 1. The summed E-state index contributed by atoms with van der Waals surface area (Å²) >= 11 is 1.32. The van der Waals surface area contributed by atoms with Crippen molar-refractivity contribution in [1.29, 1.82) is 0 Å². The molecule has 0 aliphatic heterocycles. The molecule has 0 fully saturated rings. The predicted octanol–water partition coefficient (Wildman–Crippen LogP) is 3.40. The van der Waals surface area contributed by atoms with E-state index < -0.39 is 10.8 Å². The van der Waals surface area contributed by atoms with Gasteiger partial charge in [-0.15, -0.1) is 0 Å². The zero-order valence-electron chi connectivity index (χ0n) is 15.5. The molecule has 28 heavy (non-hydrogen) atoms. The normalized spacial score (nSPS) is 11.7. The minimum Gasteiger partial charge on any atom is -0.494 e. The lowest BCUT2D eigenvalue weighted by Crippen LogP contribution is -2.19. The summed E-state index contributed by atoms with van der Waals surface area (Å²) in [5, 5.41) is 11.2. The summed E-state index contributed by atoms with van der Waals surface area (Å²) in [6.45, 7) is 3.39. The maximum atomic E-state index is 12.7. The van der Waals surface area contributed by atoms with Gasteiger partial charge >= 0.3 is 0 Å². The molecule has 0 N–H and O–H groups in total. The molecule has 0 aliphatic rings. The highest BCUT2D eigenvalue weighted by atomic mass is 32.1. The second-order valence-electron chi connectivity index (χ2n) is 5.78. The molecule has 0 radical (unpaired) electrons. The van der Waals surface area contributed by atoms with E-state index in [-0.39, 0.29) is 11.3 Å². The largest absolute Gasteiger partial charge is 0.494 e. The lowest BCUT2D eigenvalue weighted by atomic mass is 10.2. The zero-order valence-corrected chi connectivity index (χ0v) is 16.3. The Bertz CT molecular complexity index is 1090. The third-order valence-corrected chi connectivity index (χ3v) is 5.05. The second kappa shape index (κ2) is 8.77. The number of methoxy groups -OCH3 is 1. The van der Waals surface area contributed by atoms with Crippen LogP contribution in [0.1, 0.15) is 17.3 Å². The van der Waals surface area contributed by atoms with Crippen molar-refractivity contribution in [3.63, 3.8) is 0 Å². The number of benzene rings is 2. The number of carbonyl (C=O) groups is 1. The Labute approximate surface area is 164 Å². The zero-order chi connectivity index (χ0) is 20.1. The van der Waals surface area contributed by atoms with E-state index in [2.05, 4.69) is 4.99 Å². The molecule has 1 amide bonds. The summed E-state index contributed by atoms with van der Waals surface area (Å²) in [6, 6.07) is 11.4. The molecule has 1 heterocycles. The van der Waals surface area contributed by atoms with Gasteiger partial charge in [0.15, 0.2) is 4.80 Å². The number of carbonyl (C=O) groups excluding carboxylic acids is 1. The van der Waals surface area contributed by atoms with Gasteiger partial charge in [-0.3, -0.25) is 14.9 Å². The van der Waals surface area contributed by atoms with Crippen molar-refractivity contribution < 1.29 is 19.2 Å². The first kappa shape index (κ1) is 19.7. The Morgan fingerprint density at radius 3 is 2.79 bits per heavy atom. The molecule has 1 aromatic heterocycles. The van der Waals surface area contributed by atoms with E-state index in [0.717, 1.165) is 16.0 Å². The maximum absolute atomic E-state index is 12.7. The Balaban J connectivity index is 2.12. The van der Waals surface area contributed by atoms with Gasteiger partial charge in [-0.25, -0.2) is 0 Å². The van der Waals surface area contributed by atoms with Crippen molar-refractivity contribution in [2.75, 3.05) is 20.3 Å². The van der Waals surface area contributed by atoms with E-state index in [9.17, 15) is 14.9 Å². The quantitative estimate of drug-likeness (QED) is 0.447. The van der Waals surface area contributed by atoms with Gasteiger partial charge in [-0.2, -0.15) is 4.99 Å². The van der Waals surface area contributed by atoms with Gasteiger partial charge < -0.3 is 14.0 Å². The van der Waals surface area contributed by atoms with Crippen molar-refractivity contribution in [2.24, 2.45) is 4.99 Å². The number of ether oxygens (including phenoxy) is 2. The smallest absolute Gasteiger partial charge is 0.286 e. The summed E-state index contributed by atoms with van der Waals surface area (Å²) < 4.78 is 13.5. The van der Waals surface area contributed by atoms with Crippen LogP contribution in [-0.2, 0) is 11.3 Å². The molecule has 3 aromatic rings. The lowest BCUT2D eigenvalue weighted by Gasteiger charge is -2.06. The molecule has 0 bridgehead atoms. The van der Waals surface area contributed by atoms with Crippen molar-refractivity contribution >= 4 is 33.1 Å². The van der Waals surface area contributed by atoms with Crippen molar-refractivity contribution in [2.45, 2.75) is 13.5 Å². The van der Waals surface area contributed by atoms with E-state index in [1.54, 1.807) is 13.2 Å². The van der Waals surface area contributed by atoms with Crippen LogP contribution < -0.4 is 9.54 Å². The number of fused-ring (bicyclic) bond motifs is 1. The third kappa shape index (κ3) is 4.10. The average molecular weight is 401 g/mol. The first-order valence-electron chi connectivity index (χ1n) is 8.62. The number of aromatic nitrogens is 1. The second-order valence-corrected chi connectivity index (χ2v) is 6.79. The number of para-hydroxylation sites is 1. The predicted molar refractivity (Wildman–Crippen MR) is 106 cm³/mol. The van der Waals surface area contributed by atoms with Crippen LogP contribution in [0.15, 0.2) is 47.5 Å². The maximum Gasteiger partial charge on any atom is 0.286 e. The van der Waals surface area contributed by atoms with Crippen LogP contribution in [0.2, 0.25) is 0 Å². The van der Waals surface area contributed by atoms with Gasteiger partial charge in [0, 0.05) is 19.7 Å². The Kier molecular flexibility index (Phi) is 6.17. The molecular weight excluding hydrogens is 382 g/mol. The standard InChI is InChI=1S/C19H19N3O5S/c1-3-27-13-8-9-16-17(12-13)28-19(21(16)10-11-26-2)20-18(23)14-6-4-5-7-15(14)22(24)25/h4-9,12H,3,10-11H2,1-2H3. The molecule has 3 rings (SSSR count). The molecule has 0 aliphatic carbocycles. The third-order valence-electron chi connectivity index (χ3n) is 4.01. The van der Waals surface area contributed by atoms with Gasteiger partial charge in [0.1, 0.15) is 11.3 Å². The first-order valence-corrected chi connectivity index (χ1v) is 9.44. The number of nitro benzene ring substituents is 1. The number of hydrogen-bond acceptors (Lipinski definition) is 6. The Hall–Kier alpha value is -3.04. The van der Waals surface area contributed by atoms with E-state index in [1.807, 2.05) is 29.7 Å². The van der Waals surface area contributed by atoms with Gasteiger partial charge in [0.25, 0.3) is 11.6 Å². The average Bonchev–Trinajstić information content (AvgIpc) is 3.02. The summed E-state index contributed by atoms with van der Waals surface area (Å²) in [5.74, 6) is 0.0711. The van der Waals surface area contributed by atoms with Crippen LogP contribution >= 0.6 is 11.3 Å². The number of nitrogens with zero attached hydrogens (tertiary/aromatic N) is 3. The summed E-state index contributed by atoms with van der Waals surface area (Å²) in [4.78, 5) is 27.9. The monoisotopic (exact) mass is 401 g/mol. The Morgan fingerprint density at radius 2 is 2.07 bits per heavy atom. The number of nitro groups is 1. The minimum atomic E-state index is -0.657. The van der Waals surface area contributed by atoms with Crippen molar-refractivity contribution in [1.82, 2.24) is 4.57 Å². The SMILES string of the molecule is CCOc1ccc2c(c1)sc(=NC(=O)c1ccccc1[N+](=O)[O-])n2CCOC. The molecule has 9 heteroatoms. The molecular formula is C19H19N3O5S. The van der Waals surface area contributed by atoms with Crippen LogP contribution in [0, 0.1) is 10.1 Å². The summed E-state index contributed by atoms with van der Waals surface area (Å²) in [7, 11) is 1.59. The van der Waals surface area contributed by atoms with Gasteiger partial charge in [-0.1, -0.05) is 23.5 Å². The fourth-order valence-corrected chi connectivity index (χ4v) is 3.84. The first-order chi connectivity index (χ1) is 13.5. The molecule has 0 unspecified atom stereocenters. The van der Waals surface area contributed by atoms with Gasteiger partial charge in [0.2, 0.25) is 0 Å². The fraction of sp³-hybridized carbons (Fsp3) is 0.263. The molecule has 8 nitrogen and oxygen atoms in total. The van der Waals surface area contributed by atoms with E-state index in [0.29, 0.717) is 24.6 Å². The number of thiazole rings is 1. The van der Waals surface area contributed by atoms with Gasteiger partial charge in [-0.05, 0) is 31.2 Å². The van der Waals surface area contributed by atoms with Crippen LogP contribution in [0.5, 0.6) is 5.75 Å². The van der Waals surface area contributed by atoms with E-state index in [4.69, 9.17) is 9.47 Å². The molecule has 0 atom stereocenters. The topological polar surface area (TPSA) is 96.0 Å². The molecule has 0 spiro atoms. The minimum absolute atomic E-state index is 0.0433. The molecule has 0 saturated heterocycles. The molecule has 146 valence electrons.